The Balaban J connectivity index is 2.16. The van der Waals surface area contributed by atoms with E-state index in [0.29, 0.717) is 5.56 Å². The molecular weight excluding hydrogens is 326 g/mol. The molecule has 1 atom stereocenters. The monoisotopic (exact) mass is 349 g/mol. The number of nitrogens with two attached hydrogens (primary N) is 1. The Labute approximate surface area is 153 Å². The number of pyridine rings is 1. The second kappa shape index (κ2) is 7.54. The van der Waals surface area contributed by atoms with Gasteiger partial charge in [0.2, 0.25) is 5.91 Å². The van der Waals surface area contributed by atoms with E-state index >= 15 is 0 Å². The van der Waals surface area contributed by atoms with Crippen molar-refractivity contribution < 1.29 is 9.53 Å². The minimum atomic E-state index is -0.428. The molecule has 2 aromatic carbocycles. The third-order valence-electron chi connectivity index (χ3n) is 4.45. The summed E-state index contributed by atoms with van der Waals surface area (Å²) >= 11 is 0. The first-order valence-corrected chi connectivity index (χ1v) is 8.46. The average Bonchev–Trinajstić information content (AvgIpc) is 2.65. The lowest BCUT2D eigenvalue weighted by atomic mass is 9.91. The molecule has 0 spiro atoms. The second-order valence-corrected chi connectivity index (χ2v) is 6.59. The van der Waals surface area contributed by atoms with E-state index in [4.69, 9.17) is 10.5 Å². The van der Waals surface area contributed by atoms with Crippen LogP contribution in [0.3, 0.4) is 0 Å². The van der Waals surface area contributed by atoms with E-state index in [1.165, 1.54) is 0 Å². The lowest BCUT2D eigenvalue weighted by molar-refractivity contribution is 0.100. The molecule has 0 bridgehead atoms. The van der Waals surface area contributed by atoms with Gasteiger partial charge in [-0.3, -0.25) is 9.78 Å². The van der Waals surface area contributed by atoms with Gasteiger partial charge in [-0.1, -0.05) is 18.2 Å². The van der Waals surface area contributed by atoms with Gasteiger partial charge in [0.15, 0.2) is 0 Å². The maximum Gasteiger partial charge on any atom is 0.248 e. The van der Waals surface area contributed by atoms with E-state index in [-0.39, 0.29) is 5.92 Å². The fourth-order valence-corrected chi connectivity index (χ4v) is 3.21. The van der Waals surface area contributed by atoms with Crippen molar-refractivity contribution in [1.82, 2.24) is 9.88 Å². The standard InChI is InChI=1S/C21H23N3O2/c1-24(2)13-19(14-5-4-6-17(12-14)26-3)20-18-8-7-16(21(22)25)11-15(18)9-10-23-20/h4-12,19H,13H2,1-3H3,(H2,22,25)/t19-/m1/s1. The molecule has 26 heavy (non-hydrogen) atoms. The van der Waals surface area contributed by atoms with Gasteiger partial charge in [0.25, 0.3) is 0 Å². The van der Waals surface area contributed by atoms with Crippen molar-refractivity contribution in [2.45, 2.75) is 5.92 Å². The van der Waals surface area contributed by atoms with Gasteiger partial charge in [-0.25, -0.2) is 0 Å². The number of amides is 1. The van der Waals surface area contributed by atoms with Crippen LogP contribution < -0.4 is 10.5 Å². The highest BCUT2D eigenvalue weighted by Crippen LogP contribution is 2.31. The Bertz CT molecular complexity index is 937. The number of aromatic nitrogens is 1. The number of rotatable bonds is 6. The van der Waals surface area contributed by atoms with Crippen molar-refractivity contribution in [3.05, 3.63) is 71.5 Å². The molecule has 0 fully saturated rings. The molecule has 1 aromatic heterocycles. The Morgan fingerprint density at radius 2 is 2.00 bits per heavy atom. The van der Waals surface area contributed by atoms with Crippen molar-refractivity contribution in [1.29, 1.82) is 0 Å². The van der Waals surface area contributed by atoms with E-state index < -0.39 is 5.91 Å². The molecule has 2 N–H and O–H groups in total. The molecule has 134 valence electrons. The van der Waals surface area contributed by atoms with E-state index in [2.05, 4.69) is 16.0 Å². The van der Waals surface area contributed by atoms with Gasteiger partial charge in [0.1, 0.15) is 5.75 Å². The summed E-state index contributed by atoms with van der Waals surface area (Å²) in [6, 6.07) is 15.5. The predicted molar refractivity (Wildman–Crippen MR) is 104 cm³/mol. The highest BCUT2D eigenvalue weighted by atomic mass is 16.5. The van der Waals surface area contributed by atoms with Crippen LogP contribution >= 0.6 is 0 Å². The molecule has 5 heteroatoms. The topological polar surface area (TPSA) is 68.4 Å². The van der Waals surface area contributed by atoms with Crippen LogP contribution in [-0.2, 0) is 0 Å². The molecule has 0 aliphatic heterocycles. The van der Waals surface area contributed by atoms with E-state index in [1.54, 1.807) is 19.4 Å². The number of likely N-dealkylation sites (N-methyl/N-ethyl adjacent to an activating group) is 1. The molecule has 1 amide bonds. The average molecular weight is 349 g/mol. The maximum atomic E-state index is 11.5. The lowest BCUT2D eigenvalue weighted by Crippen LogP contribution is -2.22. The smallest absolute Gasteiger partial charge is 0.248 e. The molecule has 3 aromatic rings. The van der Waals surface area contributed by atoms with Crippen molar-refractivity contribution in [3.63, 3.8) is 0 Å². The van der Waals surface area contributed by atoms with Crippen LogP contribution in [0.25, 0.3) is 10.8 Å². The highest BCUT2D eigenvalue weighted by Gasteiger charge is 2.20. The summed E-state index contributed by atoms with van der Waals surface area (Å²) in [6.45, 7) is 0.802. The number of hydrogen-bond acceptors (Lipinski definition) is 4. The Morgan fingerprint density at radius 3 is 2.69 bits per heavy atom. The van der Waals surface area contributed by atoms with Crippen LogP contribution in [0.15, 0.2) is 54.7 Å². The van der Waals surface area contributed by atoms with Gasteiger partial charge in [0.05, 0.1) is 12.8 Å². The first-order valence-electron chi connectivity index (χ1n) is 8.46. The van der Waals surface area contributed by atoms with Gasteiger partial charge >= 0.3 is 0 Å². The first kappa shape index (κ1) is 17.9. The molecule has 0 saturated carbocycles. The van der Waals surface area contributed by atoms with Gasteiger partial charge in [0, 0.05) is 29.6 Å². The molecule has 0 aliphatic rings. The summed E-state index contributed by atoms with van der Waals surface area (Å²) in [5.41, 5.74) is 8.03. The molecular formula is C21H23N3O2. The van der Waals surface area contributed by atoms with Crippen LogP contribution in [0.1, 0.15) is 27.5 Å². The van der Waals surface area contributed by atoms with E-state index in [0.717, 1.165) is 34.3 Å². The van der Waals surface area contributed by atoms with Crippen molar-refractivity contribution >= 4 is 16.7 Å². The largest absolute Gasteiger partial charge is 0.497 e. The molecule has 0 aliphatic carbocycles. The molecule has 0 saturated heterocycles. The summed E-state index contributed by atoms with van der Waals surface area (Å²) in [6.07, 6.45) is 1.78. The SMILES string of the molecule is COc1cccc([C@@H](CN(C)C)c2nccc3cc(C(N)=O)ccc23)c1. The highest BCUT2D eigenvalue weighted by molar-refractivity contribution is 5.98. The Morgan fingerprint density at radius 1 is 1.19 bits per heavy atom. The Hall–Kier alpha value is -2.92. The normalized spacial score (nSPS) is 12.3. The van der Waals surface area contributed by atoms with E-state index in [1.807, 2.05) is 50.5 Å². The Kier molecular flexibility index (Phi) is 5.19. The third-order valence-corrected chi connectivity index (χ3v) is 4.45. The molecule has 0 radical (unpaired) electrons. The van der Waals surface area contributed by atoms with Crippen LogP contribution in [-0.4, -0.2) is 43.5 Å². The molecule has 1 heterocycles. The lowest BCUT2D eigenvalue weighted by Gasteiger charge is -2.23. The summed E-state index contributed by atoms with van der Waals surface area (Å²) in [7, 11) is 5.76. The molecule has 3 rings (SSSR count). The number of fused-ring (bicyclic) bond motifs is 1. The fraction of sp³-hybridized carbons (Fsp3) is 0.238. The van der Waals surface area contributed by atoms with Crippen molar-refractivity contribution in [3.8, 4) is 5.75 Å². The maximum absolute atomic E-state index is 11.5. The minimum Gasteiger partial charge on any atom is -0.497 e. The van der Waals surface area contributed by atoms with Gasteiger partial charge in [-0.2, -0.15) is 0 Å². The number of carbonyl (C=O) groups is 1. The zero-order chi connectivity index (χ0) is 18.7. The van der Waals surface area contributed by atoms with Crippen LogP contribution in [0.2, 0.25) is 0 Å². The zero-order valence-corrected chi connectivity index (χ0v) is 15.3. The summed E-state index contributed by atoms with van der Waals surface area (Å²) in [4.78, 5) is 18.3. The summed E-state index contributed by atoms with van der Waals surface area (Å²) < 4.78 is 5.39. The number of primary amides is 1. The number of hydrogen-bond donors (Lipinski definition) is 1. The summed E-state index contributed by atoms with van der Waals surface area (Å²) in [5, 5.41) is 1.98. The second-order valence-electron chi connectivity index (χ2n) is 6.59. The van der Waals surface area contributed by atoms with Crippen LogP contribution in [0, 0.1) is 0 Å². The quantitative estimate of drug-likeness (QED) is 0.743. The number of ether oxygens (including phenoxy) is 1. The van der Waals surface area contributed by atoms with Gasteiger partial charge in [-0.05, 0) is 55.4 Å². The molecule has 0 unspecified atom stereocenters. The predicted octanol–water partition coefficient (Wildman–Crippen LogP) is 3.04. The number of benzene rings is 2. The van der Waals surface area contributed by atoms with Crippen LogP contribution in [0.5, 0.6) is 5.75 Å². The minimum absolute atomic E-state index is 0.0724. The zero-order valence-electron chi connectivity index (χ0n) is 15.3. The van der Waals surface area contributed by atoms with Gasteiger partial charge < -0.3 is 15.4 Å². The number of carbonyl (C=O) groups excluding carboxylic acids is 1. The molecule has 5 nitrogen and oxygen atoms in total. The summed E-state index contributed by atoms with van der Waals surface area (Å²) in [5.74, 6) is 0.466. The number of nitrogens with zero attached hydrogens (tertiary/aromatic N) is 2. The first-order chi connectivity index (χ1) is 12.5. The van der Waals surface area contributed by atoms with E-state index in [9.17, 15) is 4.79 Å². The van der Waals surface area contributed by atoms with Crippen LogP contribution in [0.4, 0.5) is 0 Å². The van der Waals surface area contributed by atoms with Crippen molar-refractivity contribution in [2.24, 2.45) is 5.73 Å². The fourth-order valence-electron chi connectivity index (χ4n) is 3.21. The van der Waals surface area contributed by atoms with Crippen molar-refractivity contribution in [2.75, 3.05) is 27.7 Å². The number of methoxy groups -OCH3 is 1. The third kappa shape index (κ3) is 3.68. The van der Waals surface area contributed by atoms with Gasteiger partial charge in [-0.15, -0.1) is 0 Å².